The van der Waals surface area contributed by atoms with E-state index in [0.717, 1.165) is 5.52 Å². The van der Waals surface area contributed by atoms with Crippen molar-refractivity contribution in [2.45, 2.75) is 6.54 Å². The molecule has 0 radical (unpaired) electrons. The Hall–Kier alpha value is -3.95. The lowest BCUT2D eigenvalue weighted by Crippen LogP contribution is -2.24. The number of para-hydroxylation sites is 1. The molecule has 10 heteroatoms. The Morgan fingerprint density at radius 1 is 1.21 bits per heavy atom. The molecule has 144 valence electrons. The van der Waals surface area contributed by atoms with E-state index in [9.17, 15) is 14.7 Å². The van der Waals surface area contributed by atoms with Crippen LogP contribution in [0.25, 0.3) is 11.0 Å². The Bertz CT molecular complexity index is 1060. The van der Waals surface area contributed by atoms with Gasteiger partial charge in [0.25, 0.3) is 5.91 Å². The third kappa shape index (κ3) is 3.75. The summed E-state index contributed by atoms with van der Waals surface area (Å²) in [5.41, 5.74) is 3.86. The number of amides is 1. The van der Waals surface area contributed by atoms with E-state index in [0.29, 0.717) is 5.52 Å². The maximum atomic E-state index is 12.1. The second-order valence-electron chi connectivity index (χ2n) is 5.60. The van der Waals surface area contributed by atoms with Crippen LogP contribution >= 0.6 is 0 Å². The van der Waals surface area contributed by atoms with E-state index in [-0.39, 0.29) is 29.2 Å². The lowest BCUT2D eigenvalue weighted by atomic mass is 10.1. The van der Waals surface area contributed by atoms with Gasteiger partial charge in [-0.3, -0.25) is 4.79 Å². The number of methoxy groups -OCH3 is 2. The zero-order chi connectivity index (χ0) is 20.1. The SMILES string of the molecule is COc1ccc(/C=N\NC(=O)Cn2nnc3ccccc32)c(C(=O)O)c1OC. The van der Waals surface area contributed by atoms with Crippen molar-refractivity contribution in [1.82, 2.24) is 20.4 Å². The largest absolute Gasteiger partial charge is 0.493 e. The van der Waals surface area contributed by atoms with Gasteiger partial charge < -0.3 is 14.6 Å². The first-order chi connectivity index (χ1) is 13.5. The normalized spacial score (nSPS) is 10.9. The Balaban J connectivity index is 1.75. The fraction of sp³-hybridized carbons (Fsp3) is 0.167. The Morgan fingerprint density at radius 2 is 2.00 bits per heavy atom. The molecular formula is C18H17N5O5. The minimum Gasteiger partial charge on any atom is -0.493 e. The summed E-state index contributed by atoms with van der Waals surface area (Å²) in [6.07, 6.45) is 1.22. The monoisotopic (exact) mass is 383 g/mol. The number of fused-ring (bicyclic) bond motifs is 1. The van der Waals surface area contributed by atoms with Crippen LogP contribution in [0.2, 0.25) is 0 Å². The number of benzene rings is 2. The summed E-state index contributed by atoms with van der Waals surface area (Å²) in [7, 11) is 2.75. The number of aromatic carboxylic acids is 1. The fourth-order valence-electron chi connectivity index (χ4n) is 2.65. The van der Waals surface area contributed by atoms with Gasteiger partial charge in [0.05, 0.1) is 26.0 Å². The number of hydrazone groups is 1. The van der Waals surface area contributed by atoms with E-state index in [4.69, 9.17) is 9.47 Å². The summed E-state index contributed by atoms with van der Waals surface area (Å²) < 4.78 is 11.7. The lowest BCUT2D eigenvalue weighted by Gasteiger charge is -2.12. The van der Waals surface area contributed by atoms with Crippen LogP contribution in [-0.4, -0.2) is 52.4 Å². The average molecular weight is 383 g/mol. The molecule has 0 aliphatic heterocycles. The van der Waals surface area contributed by atoms with Crippen molar-refractivity contribution in [3.63, 3.8) is 0 Å². The number of ether oxygens (including phenoxy) is 2. The molecule has 0 unspecified atom stereocenters. The molecule has 1 heterocycles. The molecule has 1 amide bonds. The summed E-state index contributed by atoms with van der Waals surface area (Å²) in [5.74, 6) is -1.31. The first-order valence-electron chi connectivity index (χ1n) is 8.13. The lowest BCUT2D eigenvalue weighted by molar-refractivity contribution is -0.121. The molecule has 28 heavy (non-hydrogen) atoms. The van der Waals surface area contributed by atoms with E-state index in [1.54, 1.807) is 18.2 Å². The number of nitrogens with one attached hydrogen (secondary N) is 1. The average Bonchev–Trinajstić information content (AvgIpc) is 3.10. The molecule has 0 saturated carbocycles. The van der Waals surface area contributed by atoms with Gasteiger partial charge in [-0.1, -0.05) is 17.3 Å². The number of hydrogen-bond acceptors (Lipinski definition) is 7. The molecule has 0 aliphatic rings. The highest BCUT2D eigenvalue weighted by Gasteiger charge is 2.20. The maximum Gasteiger partial charge on any atom is 0.340 e. The molecule has 0 bridgehead atoms. The van der Waals surface area contributed by atoms with E-state index in [2.05, 4.69) is 20.8 Å². The van der Waals surface area contributed by atoms with Crippen molar-refractivity contribution in [3.8, 4) is 11.5 Å². The minimum absolute atomic E-state index is 0.0689. The van der Waals surface area contributed by atoms with Crippen LogP contribution in [-0.2, 0) is 11.3 Å². The smallest absolute Gasteiger partial charge is 0.340 e. The summed E-state index contributed by atoms with van der Waals surface area (Å²) in [4.78, 5) is 23.7. The highest BCUT2D eigenvalue weighted by molar-refractivity contribution is 6.02. The summed E-state index contributed by atoms with van der Waals surface area (Å²) in [5, 5.41) is 21.2. The van der Waals surface area contributed by atoms with Crippen molar-refractivity contribution in [2.24, 2.45) is 5.10 Å². The van der Waals surface area contributed by atoms with E-state index < -0.39 is 11.9 Å². The van der Waals surface area contributed by atoms with Crippen molar-refractivity contribution in [1.29, 1.82) is 0 Å². The van der Waals surface area contributed by atoms with Crippen LogP contribution in [0.3, 0.4) is 0 Å². The predicted molar refractivity (Wildman–Crippen MR) is 99.8 cm³/mol. The van der Waals surface area contributed by atoms with Crippen molar-refractivity contribution < 1.29 is 24.2 Å². The fourth-order valence-corrected chi connectivity index (χ4v) is 2.65. The summed E-state index contributed by atoms with van der Waals surface area (Å²) in [6, 6.07) is 10.3. The molecule has 3 rings (SSSR count). The van der Waals surface area contributed by atoms with Crippen molar-refractivity contribution in [2.75, 3.05) is 14.2 Å². The second-order valence-corrected chi connectivity index (χ2v) is 5.60. The third-order valence-corrected chi connectivity index (χ3v) is 3.90. The van der Waals surface area contributed by atoms with Crippen LogP contribution < -0.4 is 14.9 Å². The molecule has 1 aromatic heterocycles. The van der Waals surface area contributed by atoms with E-state index >= 15 is 0 Å². The molecule has 2 N–H and O–H groups in total. The van der Waals surface area contributed by atoms with Crippen LogP contribution in [0.5, 0.6) is 11.5 Å². The van der Waals surface area contributed by atoms with Crippen LogP contribution in [0.15, 0.2) is 41.5 Å². The molecule has 3 aromatic rings. The summed E-state index contributed by atoms with van der Waals surface area (Å²) in [6.45, 7) is -0.0877. The third-order valence-electron chi connectivity index (χ3n) is 3.90. The minimum atomic E-state index is -1.21. The van der Waals surface area contributed by atoms with Gasteiger partial charge >= 0.3 is 5.97 Å². The molecule has 10 nitrogen and oxygen atoms in total. The Kier molecular flexibility index (Phi) is 5.49. The molecule has 0 aliphatic carbocycles. The summed E-state index contributed by atoms with van der Waals surface area (Å²) >= 11 is 0. The zero-order valence-electron chi connectivity index (χ0n) is 15.1. The Labute approximate surface area is 159 Å². The number of hydrogen-bond donors (Lipinski definition) is 2. The van der Waals surface area contributed by atoms with Crippen LogP contribution in [0.1, 0.15) is 15.9 Å². The first-order valence-corrected chi connectivity index (χ1v) is 8.13. The topological polar surface area (TPSA) is 128 Å². The van der Waals surface area contributed by atoms with Crippen molar-refractivity contribution >= 4 is 29.1 Å². The number of nitrogens with zero attached hydrogens (tertiary/aromatic N) is 4. The van der Waals surface area contributed by atoms with E-state index in [1.807, 2.05) is 12.1 Å². The number of rotatable bonds is 7. The molecule has 0 atom stereocenters. The highest BCUT2D eigenvalue weighted by atomic mass is 16.5. The first kappa shape index (κ1) is 18.8. The molecule has 2 aromatic carbocycles. The van der Waals surface area contributed by atoms with Gasteiger partial charge in [0.1, 0.15) is 17.6 Å². The van der Waals surface area contributed by atoms with Crippen LogP contribution in [0, 0.1) is 0 Å². The number of carbonyl (C=O) groups excluding carboxylic acids is 1. The number of carbonyl (C=O) groups is 2. The standard InChI is InChI=1S/C18H17N5O5/c1-27-14-8-7-11(16(18(25)26)17(14)28-2)9-19-21-15(24)10-23-13-6-4-3-5-12(13)20-22-23/h3-9H,10H2,1-2H3,(H,21,24)(H,25,26)/b19-9-. The van der Waals surface area contributed by atoms with Crippen LogP contribution in [0.4, 0.5) is 0 Å². The van der Waals surface area contributed by atoms with Gasteiger partial charge in [-0.15, -0.1) is 5.10 Å². The highest BCUT2D eigenvalue weighted by Crippen LogP contribution is 2.32. The van der Waals surface area contributed by atoms with Gasteiger partial charge in [-0.05, 0) is 24.3 Å². The van der Waals surface area contributed by atoms with Gasteiger partial charge in [0.2, 0.25) is 0 Å². The maximum absolute atomic E-state index is 12.1. The number of carboxylic acid groups (broad SMARTS) is 1. The molecule has 0 fully saturated rings. The van der Waals surface area contributed by atoms with Crippen molar-refractivity contribution in [3.05, 3.63) is 47.5 Å². The molecule has 0 saturated heterocycles. The Morgan fingerprint density at radius 3 is 2.71 bits per heavy atom. The van der Waals surface area contributed by atoms with Gasteiger partial charge in [-0.2, -0.15) is 5.10 Å². The number of carboxylic acids is 1. The zero-order valence-corrected chi connectivity index (χ0v) is 15.1. The molecular weight excluding hydrogens is 366 g/mol. The predicted octanol–water partition coefficient (Wildman–Crippen LogP) is 1.30. The van der Waals surface area contributed by atoms with Gasteiger partial charge in [-0.25, -0.2) is 14.9 Å². The second kappa shape index (κ2) is 8.16. The van der Waals surface area contributed by atoms with Gasteiger partial charge in [0.15, 0.2) is 11.5 Å². The van der Waals surface area contributed by atoms with Gasteiger partial charge in [0, 0.05) is 5.56 Å². The number of aromatic nitrogens is 3. The van der Waals surface area contributed by atoms with E-state index in [1.165, 1.54) is 31.2 Å². The quantitative estimate of drug-likeness (QED) is 0.465. The molecule has 0 spiro atoms.